The maximum absolute atomic E-state index is 3.24. The Morgan fingerprint density at radius 3 is 2.32 bits per heavy atom. The predicted molar refractivity (Wildman–Crippen MR) is 106 cm³/mol. The van der Waals surface area contributed by atoms with E-state index in [1.54, 1.807) is 0 Å². The molecule has 0 fully saturated rings. The minimum Gasteiger partial charge on any atom is -0.250 e. The van der Waals surface area contributed by atoms with Gasteiger partial charge in [0.15, 0.2) is 0 Å². The van der Waals surface area contributed by atoms with E-state index in [9.17, 15) is 0 Å². The Kier molecular flexibility index (Phi) is 8.79. The first-order valence-electron chi connectivity index (χ1n) is 10.3. The van der Waals surface area contributed by atoms with Gasteiger partial charge in [-0.15, -0.1) is 0 Å². The molecule has 0 aliphatic carbocycles. The second-order valence-corrected chi connectivity index (χ2v) is 7.80. The van der Waals surface area contributed by atoms with Crippen molar-refractivity contribution in [1.29, 1.82) is 0 Å². The number of benzene rings is 1. The summed E-state index contributed by atoms with van der Waals surface area (Å²) in [5, 5.41) is 0. The summed E-state index contributed by atoms with van der Waals surface area (Å²) >= 11 is 0. The molecule has 2 rings (SSSR count). The molecule has 0 radical (unpaired) electrons. The van der Waals surface area contributed by atoms with Crippen molar-refractivity contribution in [2.45, 2.75) is 78.2 Å². The van der Waals surface area contributed by atoms with E-state index < -0.39 is 0 Å². The third-order valence-corrected chi connectivity index (χ3v) is 5.35. The van der Waals surface area contributed by atoms with Crippen LogP contribution in [0, 0.1) is 11.8 Å². The van der Waals surface area contributed by atoms with Gasteiger partial charge in [-0.1, -0.05) is 89.6 Å². The first-order chi connectivity index (χ1) is 12.2. The summed E-state index contributed by atoms with van der Waals surface area (Å²) < 4.78 is 2.40. The van der Waals surface area contributed by atoms with Gasteiger partial charge in [-0.25, -0.2) is 4.57 Å². The minimum atomic E-state index is 0.557. The van der Waals surface area contributed by atoms with E-state index in [0.29, 0.717) is 17.9 Å². The molecule has 0 spiro atoms. The maximum Gasteiger partial charge on any atom is 0.241 e. The zero-order chi connectivity index (χ0) is 17.9. The fraction of sp³-hybridized carbons (Fsp3) is 0.609. The smallest absolute Gasteiger partial charge is 0.241 e. The lowest BCUT2D eigenvalue weighted by atomic mass is 9.82. The Balaban J connectivity index is 2.02. The molecule has 2 unspecified atom stereocenters. The highest BCUT2D eigenvalue weighted by Gasteiger charge is 2.29. The lowest BCUT2D eigenvalue weighted by Gasteiger charge is -2.28. The molecule has 2 aromatic rings. The molecule has 0 bridgehead atoms. The number of imidazole rings is 1. The zero-order valence-electron chi connectivity index (χ0n) is 16.5. The average molecular weight is 342 g/mol. The minimum absolute atomic E-state index is 0.557. The highest BCUT2D eigenvalue weighted by molar-refractivity contribution is 5.15. The Bertz CT molecular complexity index is 545. The van der Waals surface area contributed by atoms with E-state index in [2.05, 4.69) is 73.2 Å². The van der Waals surface area contributed by atoms with Gasteiger partial charge in [0.2, 0.25) is 6.33 Å². The lowest BCUT2D eigenvalue weighted by molar-refractivity contribution is -0.735. The van der Waals surface area contributed by atoms with Crippen LogP contribution in [0.1, 0.15) is 77.3 Å². The zero-order valence-corrected chi connectivity index (χ0v) is 16.5. The van der Waals surface area contributed by atoms with Gasteiger partial charge in [-0.3, -0.25) is 4.98 Å². The van der Waals surface area contributed by atoms with Crippen molar-refractivity contribution in [3.63, 3.8) is 0 Å². The van der Waals surface area contributed by atoms with Crippen molar-refractivity contribution < 1.29 is 4.57 Å². The Hall–Kier alpha value is -1.57. The molecular formula is C23H37N2+. The molecule has 1 N–H and O–H groups in total. The number of nitrogens with zero attached hydrogens (tertiary/aromatic N) is 1. The molecule has 0 aliphatic rings. The molecule has 1 aromatic heterocycles. The second-order valence-electron chi connectivity index (χ2n) is 7.80. The summed E-state index contributed by atoms with van der Waals surface area (Å²) in [5.74, 6) is 1.32. The van der Waals surface area contributed by atoms with Crippen LogP contribution < -0.4 is 4.57 Å². The van der Waals surface area contributed by atoms with Gasteiger partial charge in [-0.2, -0.15) is 0 Å². The fourth-order valence-corrected chi connectivity index (χ4v) is 4.12. The van der Waals surface area contributed by atoms with Crippen molar-refractivity contribution in [3.8, 4) is 0 Å². The highest BCUT2D eigenvalue weighted by atomic mass is 15.1. The van der Waals surface area contributed by atoms with Crippen LogP contribution in [0.2, 0.25) is 0 Å². The second kappa shape index (κ2) is 11.1. The van der Waals surface area contributed by atoms with Crippen molar-refractivity contribution >= 4 is 0 Å². The summed E-state index contributed by atoms with van der Waals surface area (Å²) in [5.41, 5.74) is 1.47. The molecule has 0 aliphatic heterocycles. The molecule has 1 heterocycles. The van der Waals surface area contributed by atoms with Crippen molar-refractivity contribution in [2.24, 2.45) is 11.8 Å². The molecule has 25 heavy (non-hydrogen) atoms. The average Bonchev–Trinajstić information content (AvgIpc) is 3.12. The first kappa shape index (κ1) is 19.8. The van der Waals surface area contributed by atoms with Crippen molar-refractivity contribution in [3.05, 3.63) is 54.6 Å². The number of unbranched alkanes of at least 4 members (excludes halogenated alkanes) is 5. The number of rotatable bonds is 12. The fourth-order valence-electron chi connectivity index (χ4n) is 4.12. The summed E-state index contributed by atoms with van der Waals surface area (Å²) in [6.07, 6.45) is 17.1. The monoisotopic (exact) mass is 341 g/mol. The van der Waals surface area contributed by atoms with Gasteiger partial charge in [-0.05, 0) is 24.3 Å². The van der Waals surface area contributed by atoms with Gasteiger partial charge in [0.25, 0.3) is 0 Å². The molecular weight excluding hydrogens is 304 g/mol. The van der Waals surface area contributed by atoms with Crippen LogP contribution >= 0.6 is 0 Å². The third kappa shape index (κ3) is 6.68. The number of hydrogen-bond acceptors (Lipinski definition) is 0. The molecule has 0 amide bonds. The lowest BCUT2D eigenvalue weighted by Crippen LogP contribution is -2.45. The van der Waals surface area contributed by atoms with Crippen molar-refractivity contribution in [1.82, 2.24) is 4.98 Å². The van der Waals surface area contributed by atoms with Crippen LogP contribution in [0.3, 0.4) is 0 Å². The Morgan fingerprint density at radius 2 is 1.68 bits per heavy atom. The summed E-state index contributed by atoms with van der Waals surface area (Å²) in [7, 11) is 0. The van der Waals surface area contributed by atoms with E-state index in [0.717, 1.165) is 0 Å². The number of aromatic amines is 1. The van der Waals surface area contributed by atoms with E-state index in [1.807, 2.05) is 6.20 Å². The summed E-state index contributed by atoms with van der Waals surface area (Å²) in [6.45, 7) is 7.02. The molecule has 0 saturated carbocycles. The molecule has 2 atom stereocenters. The van der Waals surface area contributed by atoms with Crippen LogP contribution in [-0.4, -0.2) is 4.98 Å². The number of nitrogens with one attached hydrogen (secondary N) is 1. The highest BCUT2D eigenvalue weighted by Crippen LogP contribution is 2.29. The first-order valence-corrected chi connectivity index (χ1v) is 10.3. The molecule has 138 valence electrons. The van der Waals surface area contributed by atoms with Crippen LogP contribution in [0.4, 0.5) is 0 Å². The topological polar surface area (TPSA) is 19.7 Å². The van der Waals surface area contributed by atoms with E-state index in [-0.39, 0.29) is 0 Å². The van der Waals surface area contributed by atoms with Gasteiger partial charge in [0, 0.05) is 5.92 Å². The molecule has 2 nitrogen and oxygen atoms in total. The van der Waals surface area contributed by atoms with E-state index in [1.165, 1.54) is 56.9 Å². The Morgan fingerprint density at radius 1 is 0.960 bits per heavy atom. The SMILES string of the molecule is CCCCCCCCC(Cc1ccccc1)C(C(C)C)[n+]1cc[nH]c1. The number of H-pyrrole nitrogens is 1. The molecule has 0 saturated heterocycles. The largest absolute Gasteiger partial charge is 0.250 e. The quantitative estimate of drug-likeness (QED) is 0.355. The van der Waals surface area contributed by atoms with E-state index >= 15 is 0 Å². The number of aromatic nitrogens is 2. The van der Waals surface area contributed by atoms with Gasteiger partial charge < -0.3 is 0 Å². The predicted octanol–water partition coefficient (Wildman–Crippen LogP) is 6.11. The van der Waals surface area contributed by atoms with Crippen LogP contribution in [-0.2, 0) is 6.42 Å². The summed E-state index contributed by atoms with van der Waals surface area (Å²) in [6, 6.07) is 11.6. The number of hydrogen-bond donors (Lipinski definition) is 1. The van der Waals surface area contributed by atoms with Crippen LogP contribution in [0.15, 0.2) is 49.1 Å². The Labute approximate surface area is 154 Å². The summed E-state index contributed by atoms with van der Waals surface area (Å²) in [4.78, 5) is 3.24. The normalized spacial score (nSPS) is 13.9. The van der Waals surface area contributed by atoms with Crippen LogP contribution in [0.25, 0.3) is 0 Å². The molecule has 2 heteroatoms. The van der Waals surface area contributed by atoms with Crippen molar-refractivity contribution in [2.75, 3.05) is 0 Å². The maximum atomic E-state index is 3.24. The third-order valence-electron chi connectivity index (χ3n) is 5.35. The van der Waals surface area contributed by atoms with Gasteiger partial charge in [0.1, 0.15) is 18.4 Å². The molecule has 1 aromatic carbocycles. The standard InChI is InChI=1S/C23H36N2/c1-4-5-6-7-8-12-15-22(18-21-13-10-9-11-14-21)23(20(2)3)25-17-16-24-19-25/h9-11,13-14,16-17,19-20,22-23H,4-8,12,15,18H2,1-3H3/p+1. The van der Waals surface area contributed by atoms with E-state index in [4.69, 9.17) is 0 Å². The van der Waals surface area contributed by atoms with Gasteiger partial charge >= 0.3 is 0 Å². The van der Waals surface area contributed by atoms with Crippen LogP contribution in [0.5, 0.6) is 0 Å². The van der Waals surface area contributed by atoms with Gasteiger partial charge in [0.05, 0.1) is 0 Å².